The van der Waals surface area contributed by atoms with E-state index < -0.39 is 0 Å². The van der Waals surface area contributed by atoms with Crippen LogP contribution in [0.3, 0.4) is 0 Å². The first kappa shape index (κ1) is 32.4. The third-order valence-electron chi connectivity index (χ3n) is 10.7. The second kappa shape index (κ2) is 15.4. The SMILES string of the molecule is O=C(NC1CCN(Cc2ccc3cc(F)ccc3n2)CC1)C(CCCCn1cc(-c2ccccc2)c2cccnc21)C1CCCCCC1. The number of rotatable bonds is 11. The molecule has 7 heteroatoms. The van der Waals surface area contributed by atoms with E-state index in [2.05, 4.69) is 57.4 Å². The average molecular weight is 646 g/mol. The third kappa shape index (κ3) is 7.78. The number of pyridine rings is 2. The van der Waals surface area contributed by atoms with Crippen LogP contribution in [-0.4, -0.2) is 44.5 Å². The Hall–Kier alpha value is -4.10. The number of aryl methyl sites for hydroxylation is 1. The lowest BCUT2D eigenvalue weighted by molar-refractivity contribution is -0.128. The first-order chi connectivity index (χ1) is 23.6. The summed E-state index contributed by atoms with van der Waals surface area (Å²) in [5.74, 6) is 0.623. The highest BCUT2D eigenvalue weighted by molar-refractivity contribution is 5.94. The fraction of sp³-hybridized carbons (Fsp3) is 0.439. The monoisotopic (exact) mass is 645 g/mol. The molecule has 1 amide bonds. The number of hydrogen-bond acceptors (Lipinski definition) is 4. The molecule has 1 N–H and O–H groups in total. The van der Waals surface area contributed by atoms with E-state index in [9.17, 15) is 9.18 Å². The van der Waals surface area contributed by atoms with Gasteiger partial charge in [-0.25, -0.2) is 9.37 Å². The maximum atomic E-state index is 14.0. The van der Waals surface area contributed by atoms with Gasteiger partial charge in [-0.05, 0) is 86.4 Å². The molecule has 1 aliphatic heterocycles. The molecule has 1 atom stereocenters. The highest BCUT2D eigenvalue weighted by atomic mass is 19.1. The summed E-state index contributed by atoms with van der Waals surface area (Å²) in [4.78, 5) is 25.9. The predicted octanol–water partition coefficient (Wildman–Crippen LogP) is 8.93. The van der Waals surface area contributed by atoms with Crippen molar-refractivity contribution in [1.82, 2.24) is 24.8 Å². The summed E-state index contributed by atoms with van der Waals surface area (Å²) in [5, 5.41) is 5.54. The molecule has 48 heavy (non-hydrogen) atoms. The van der Waals surface area contributed by atoms with Crippen molar-refractivity contribution in [2.45, 2.75) is 89.8 Å². The molecule has 2 fully saturated rings. The van der Waals surface area contributed by atoms with E-state index in [4.69, 9.17) is 9.97 Å². The number of likely N-dealkylation sites (tertiary alicyclic amines) is 1. The van der Waals surface area contributed by atoms with Gasteiger partial charge in [-0.15, -0.1) is 0 Å². The number of piperidine rings is 1. The minimum Gasteiger partial charge on any atom is -0.353 e. The van der Waals surface area contributed by atoms with Crippen LogP contribution >= 0.6 is 0 Å². The lowest BCUT2D eigenvalue weighted by atomic mass is 9.82. The number of fused-ring (bicyclic) bond motifs is 2. The molecule has 250 valence electrons. The van der Waals surface area contributed by atoms with Gasteiger partial charge in [-0.3, -0.25) is 14.7 Å². The van der Waals surface area contributed by atoms with Crippen molar-refractivity contribution < 1.29 is 9.18 Å². The van der Waals surface area contributed by atoms with E-state index in [0.717, 1.165) is 80.5 Å². The molecule has 6 nitrogen and oxygen atoms in total. The topological polar surface area (TPSA) is 63.1 Å². The second-order valence-corrected chi connectivity index (χ2v) is 14.0. The Morgan fingerprint density at radius 1 is 0.896 bits per heavy atom. The number of nitrogens with one attached hydrogen (secondary N) is 1. The van der Waals surface area contributed by atoms with Crippen LogP contribution in [0.5, 0.6) is 0 Å². The normalized spacial score (nSPS) is 17.4. The molecule has 0 spiro atoms. The summed E-state index contributed by atoms with van der Waals surface area (Å²) in [6, 6.07) is 23.7. The summed E-state index contributed by atoms with van der Waals surface area (Å²) in [6.45, 7) is 3.55. The van der Waals surface area contributed by atoms with Crippen molar-refractivity contribution in [2.24, 2.45) is 11.8 Å². The molecule has 1 saturated carbocycles. The number of aromatic nitrogens is 3. The number of benzene rings is 2. The largest absolute Gasteiger partial charge is 0.353 e. The predicted molar refractivity (Wildman–Crippen MR) is 192 cm³/mol. The number of carbonyl (C=O) groups is 1. The number of nitrogens with zero attached hydrogens (tertiary/aromatic N) is 4. The molecule has 3 aromatic heterocycles. The molecular weight excluding hydrogens is 597 g/mol. The smallest absolute Gasteiger partial charge is 0.223 e. The first-order valence-corrected chi connectivity index (χ1v) is 18.2. The highest BCUT2D eigenvalue weighted by Crippen LogP contribution is 2.34. The third-order valence-corrected chi connectivity index (χ3v) is 10.7. The molecule has 4 heterocycles. The maximum absolute atomic E-state index is 14.0. The van der Waals surface area contributed by atoms with Gasteiger partial charge in [0.05, 0.1) is 11.2 Å². The summed E-state index contributed by atoms with van der Waals surface area (Å²) in [7, 11) is 0. The van der Waals surface area contributed by atoms with Crippen molar-refractivity contribution in [3.05, 3.63) is 96.7 Å². The molecule has 5 aromatic rings. The molecule has 2 aliphatic rings. The van der Waals surface area contributed by atoms with Crippen LogP contribution in [0.15, 0.2) is 85.2 Å². The minimum absolute atomic E-state index is 0.0900. The Kier molecular flexibility index (Phi) is 10.4. The Morgan fingerprint density at radius 3 is 2.52 bits per heavy atom. The van der Waals surface area contributed by atoms with Gasteiger partial charge in [0.1, 0.15) is 11.5 Å². The van der Waals surface area contributed by atoms with Crippen molar-refractivity contribution in [3.63, 3.8) is 0 Å². The molecule has 1 saturated heterocycles. The molecule has 1 aliphatic carbocycles. The van der Waals surface area contributed by atoms with Gasteiger partial charge in [0.15, 0.2) is 0 Å². The molecule has 1 unspecified atom stereocenters. The Bertz CT molecular complexity index is 1800. The van der Waals surface area contributed by atoms with Crippen LogP contribution in [0, 0.1) is 17.7 Å². The van der Waals surface area contributed by atoms with Gasteiger partial charge in [-0.1, -0.05) is 68.5 Å². The zero-order valence-corrected chi connectivity index (χ0v) is 28.0. The van der Waals surface area contributed by atoms with Gasteiger partial charge >= 0.3 is 0 Å². The Labute approximate surface area is 283 Å². The van der Waals surface area contributed by atoms with Crippen LogP contribution in [0.4, 0.5) is 4.39 Å². The fourth-order valence-corrected chi connectivity index (χ4v) is 8.08. The van der Waals surface area contributed by atoms with Crippen LogP contribution in [0.25, 0.3) is 33.1 Å². The average Bonchev–Trinajstić information content (AvgIpc) is 3.27. The number of carbonyl (C=O) groups excluding carboxylic acids is 1. The van der Waals surface area contributed by atoms with Crippen LogP contribution in [0.1, 0.15) is 76.3 Å². The highest BCUT2D eigenvalue weighted by Gasteiger charge is 2.31. The summed E-state index contributed by atoms with van der Waals surface area (Å²) in [5.41, 5.74) is 5.31. The van der Waals surface area contributed by atoms with E-state index in [0.29, 0.717) is 5.92 Å². The number of halogens is 1. The zero-order chi connectivity index (χ0) is 32.7. The Balaban J connectivity index is 0.944. The van der Waals surface area contributed by atoms with E-state index in [1.165, 1.54) is 67.2 Å². The van der Waals surface area contributed by atoms with Gasteiger partial charge in [0, 0.05) is 66.9 Å². The van der Waals surface area contributed by atoms with E-state index in [-0.39, 0.29) is 23.7 Å². The quantitative estimate of drug-likeness (QED) is 0.115. The summed E-state index contributed by atoms with van der Waals surface area (Å²) >= 11 is 0. The summed E-state index contributed by atoms with van der Waals surface area (Å²) in [6.07, 6.45) is 16.5. The molecule has 2 aromatic carbocycles. The van der Waals surface area contributed by atoms with Crippen LogP contribution in [0.2, 0.25) is 0 Å². The standard InChI is InChI=1S/C41H48FN5O/c42-33-18-20-39-32(27-33)17-19-35(44-39)28-46-25-21-34(22-26-46)45-41(48)36(30-11-4-1-2-5-12-30)15-8-9-24-47-29-38(31-13-6-3-7-14-31)37-16-10-23-43-40(37)47/h3,6-7,10,13-14,16-20,23,27,29-30,34,36H,1-2,4-5,8-9,11-12,15,21-22,24-26,28H2,(H,45,48). The number of unbranched alkanes of at least 4 members (excludes halogenated alkanes) is 1. The van der Waals surface area contributed by atoms with Crippen molar-refractivity contribution >= 4 is 27.8 Å². The first-order valence-electron chi connectivity index (χ1n) is 18.2. The molecule has 0 bridgehead atoms. The van der Waals surface area contributed by atoms with Crippen molar-refractivity contribution in [2.75, 3.05) is 13.1 Å². The zero-order valence-electron chi connectivity index (χ0n) is 28.0. The van der Waals surface area contributed by atoms with E-state index in [1.54, 1.807) is 6.07 Å². The van der Waals surface area contributed by atoms with Gasteiger partial charge < -0.3 is 9.88 Å². The van der Waals surface area contributed by atoms with E-state index in [1.807, 2.05) is 24.4 Å². The summed E-state index contributed by atoms with van der Waals surface area (Å²) < 4.78 is 15.9. The number of hydrogen-bond donors (Lipinski definition) is 1. The van der Waals surface area contributed by atoms with Crippen LogP contribution < -0.4 is 5.32 Å². The van der Waals surface area contributed by atoms with Gasteiger partial charge in [-0.2, -0.15) is 0 Å². The molecule has 0 radical (unpaired) electrons. The second-order valence-electron chi connectivity index (χ2n) is 14.0. The van der Waals surface area contributed by atoms with Gasteiger partial charge in [0.2, 0.25) is 5.91 Å². The lowest BCUT2D eigenvalue weighted by Crippen LogP contribution is -2.47. The molecular formula is C41H48FN5O. The van der Waals surface area contributed by atoms with Crippen molar-refractivity contribution in [1.29, 1.82) is 0 Å². The lowest BCUT2D eigenvalue weighted by Gasteiger charge is -2.34. The number of amides is 1. The molecule has 7 rings (SSSR count). The Morgan fingerprint density at radius 2 is 1.71 bits per heavy atom. The maximum Gasteiger partial charge on any atom is 0.223 e. The van der Waals surface area contributed by atoms with Crippen molar-refractivity contribution in [3.8, 4) is 11.1 Å². The minimum atomic E-state index is -0.233. The van der Waals surface area contributed by atoms with Crippen LogP contribution in [-0.2, 0) is 17.9 Å². The van der Waals surface area contributed by atoms with Gasteiger partial charge in [0.25, 0.3) is 0 Å². The van der Waals surface area contributed by atoms with E-state index >= 15 is 0 Å². The fourth-order valence-electron chi connectivity index (χ4n) is 8.08.